The van der Waals surface area contributed by atoms with Crippen LogP contribution in [0.25, 0.3) is 0 Å². The third kappa shape index (κ3) is 1.18. The van der Waals surface area contributed by atoms with Gasteiger partial charge in [-0.2, -0.15) is 0 Å². The van der Waals surface area contributed by atoms with E-state index in [9.17, 15) is 20.3 Å². The molecule has 0 aromatic rings. The van der Waals surface area contributed by atoms with Crippen molar-refractivity contribution in [3.63, 3.8) is 0 Å². The molecule has 0 aromatic carbocycles. The van der Waals surface area contributed by atoms with Gasteiger partial charge < -0.3 is 10.2 Å². The summed E-state index contributed by atoms with van der Waals surface area (Å²) in [6, 6.07) is 0. The molecule has 90 valence electrons. The van der Waals surface area contributed by atoms with Crippen LogP contribution in [0.2, 0.25) is 0 Å². The minimum atomic E-state index is -0.961. The van der Waals surface area contributed by atoms with Crippen molar-refractivity contribution in [1.82, 2.24) is 0 Å². The maximum absolute atomic E-state index is 11.3. The Morgan fingerprint density at radius 3 is 2.56 bits per heavy atom. The number of hydrogen-bond donors (Lipinski definition) is 2. The lowest BCUT2D eigenvalue weighted by Gasteiger charge is -2.60. The summed E-state index contributed by atoms with van der Waals surface area (Å²) in [5, 5.41) is 31.2. The lowest BCUT2D eigenvalue weighted by Crippen LogP contribution is -2.66. The Balaban J connectivity index is 2.04. The Morgan fingerprint density at radius 1 is 1.25 bits per heavy atom. The van der Waals surface area contributed by atoms with Crippen molar-refractivity contribution in [1.29, 1.82) is 0 Å². The normalized spacial score (nSPS) is 54.2. The van der Waals surface area contributed by atoms with E-state index in [1.807, 2.05) is 0 Å². The topological polar surface area (TPSA) is 83.6 Å². The molecule has 0 radical (unpaired) electrons. The van der Waals surface area contributed by atoms with E-state index in [-0.39, 0.29) is 29.3 Å². The Hall–Kier alpha value is -0.680. The van der Waals surface area contributed by atoms with Gasteiger partial charge in [-0.25, -0.2) is 0 Å². The summed E-state index contributed by atoms with van der Waals surface area (Å²) in [7, 11) is 0. The molecule has 5 nitrogen and oxygen atoms in total. The predicted molar refractivity (Wildman–Crippen MR) is 55.4 cm³/mol. The quantitative estimate of drug-likeness (QED) is 0.537. The van der Waals surface area contributed by atoms with Crippen molar-refractivity contribution in [2.24, 2.45) is 11.3 Å². The first-order chi connectivity index (χ1) is 7.41. The van der Waals surface area contributed by atoms with Crippen LogP contribution in [0.3, 0.4) is 0 Å². The molecular weight excluding hydrogens is 210 g/mol. The first-order valence-electron chi connectivity index (χ1n) is 5.89. The molecule has 2 N–H and O–H groups in total. The third-order valence-electron chi connectivity index (χ3n) is 4.85. The van der Waals surface area contributed by atoms with Gasteiger partial charge in [-0.15, -0.1) is 0 Å². The van der Waals surface area contributed by atoms with Crippen LogP contribution in [0, 0.1) is 21.4 Å². The van der Waals surface area contributed by atoms with Gasteiger partial charge >= 0.3 is 0 Å². The van der Waals surface area contributed by atoms with E-state index in [0.29, 0.717) is 25.7 Å². The Bertz CT molecular complexity index is 360. The van der Waals surface area contributed by atoms with Gasteiger partial charge in [-0.1, -0.05) is 0 Å². The number of nitro groups is 1. The fourth-order valence-corrected chi connectivity index (χ4v) is 4.91. The van der Waals surface area contributed by atoms with Gasteiger partial charge in [0, 0.05) is 36.2 Å². The van der Waals surface area contributed by atoms with Crippen LogP contribution in [-0.4, -0.2) is 32.9 Å². The summed E-state index contributed by atoms with van der Waals surface area (Å²) in [5.41, 5.74) is -2.24. The molecule has 16 heavy (non-hydrogen) atoms. The average molecular weight is 227 g/mol. The van der Waals surface area contributed by atoms with Crippen molar-refractivity contribution in [2.75, 3.05) is 6.61 Å². The molecule has 4 unspecified atom stereocenters. The molecule has 5 heteroatoms. The highest BCUT2D eigenvalue weighted by molar-refractivity contribution is 5.14. The second-order valence-corrected chi connectivity index (χ2v) is 6.37. The number of nitrogens with zero attached hydrogens (tertiary/aromatic N) is 1. The largest absolute Gasteiger partial charge is 0.396 e. The second-order valence-electron chi connectivity index (χ2n) is 6.37. The zero-order chi connectivity index (χ0) is 11.6. The number of rotatable bonds is 2. The molecule has 0 aliphatic heterocycles. The molecule has 0 aromatic heterocycles. The number of hydrogen-bond acceptors (Lipinski definition) is 4. The summed E-state index contributed by atoms with van der Waals surface area (Å²) >= 11 is 0. The van der Waals surface area contributed by atoms with Gasteiger partial charge in [-0.3, -0.25) is 10.1 Å². The summed E-state index contributed by atoms with van der Waals surface area (Å²) < 4.78 is 0. The molecular formula is C11H17NO4. The molecule has 4 saturated carbocycles. The lowest BCUT2D eigenvalue weighted by atomic mass is 9.45. The van der Waals surface area contributed by atoms with Crippen LogP contribution >= 0.6 is 0 Å². The molecule has 0 spiro atoms. The van der Waals surface area contributed by atoms with Crippen LogP contribution < -0.4 is 0 Å². The summed E-state index contributed by atoms with van der Waals surface area (Å²) in [5.74, 6) is 0.221. The van der Waals surface area contributed by atoms with E-state index in [2.05, 4.69) is 0 Å². The van der Waals surface area contributed by atoms with E-state index in [4.69, 9.17) is 0 Å². The Morgan fingerprint density at radius 2 is 2.00 bits per heavy atom. The van der Waals surface area contributed by atoms with Crippen LogP contribution in [0.5, 0.6) is 0 Å². The maximum atomic E-state index is 11.3. The minimum Gasteiger partial charge on any atom is -0.396 e. The van der Waals surface area contributed by atoms with Crippen molar-refractivity contribution in [2.45, 2.75) is 49.7 Å². The van der Waals surface area contributed by atoms with Gasteiger partial charge in [0.05, 0.1) is 5.60 Å². The highest BCUT2D eigenvalue weighted by Crippen LogP contribution is 2.63. The summed E-state index contributed by atoms with van der Waals surface area (Å²) in [4.78, 5) is 11.1. The van der Waals surface area contributed by atoms with Gasteiger partial charge in [0.15, 0.2) is 0 Å². The first kappa shape index (κ1) is 10.5. The predicted octanol–water partition coefficient (Wildman–Crippen LogP) is 0.709. The fourth-order valence-electron chi connectivity index (χ4n) is 4.91. The molecule has 4 aliphatic rings. The second kappa shape index (κ2) is 2.76. The van der Waals surface area contributed by atoms with Crippen LogP contribution in [0.15, 0.2) is 0 Å². The molecule has 4 aliphatic carbocycles. The SMILES string of the molecule is O=[N+]([O-])C12CC3CC(O)(CC(CO)(C3)C1)C2. The molecule has 0 amide bonds. The van der Waals surface area contributed by atoms with Gasteiger partial charge in [0.1, 0.15) is 0 Å². The van der Waals surface area contributed by atoms with E-state index in [1.54, 1.807) is 0 Å². The molecule has 0 saturated heterocycles. The van der Waals surface area contributed by atoms with Crippen LogP contribution in [0.4, 0.5) is 0 Å². The van der Waals surface area contributed by atoms with E-state index in [1.165, 1.54) is 0 Å². The number of aliphatic hydroxyl groups is 2. The first-order valence-corrected chi connectivity index (χ1v) is 5.89. The van der Waals surface area contributed by atoms with Gasteiger partial charge in [-0.05, 0) is 25.2 Å². The van der Waals surface area contributed by atoms with Gasteiger partial charge in [0.25, 0.3) is 0 Å². The van der Waals surface area contributed by atoms with Gasteiger partial charge in [0.2, 0.25) is 5.54 Å². The molecule has 4 rings (SSSR count). The molecule has 4 bridgehead atoms. The van der Waals surface area contributed by atoms with Crippen LogP contribution in [-0.2, 0) is 0 Å². The van der Waals surface area contributed by atoms with Crippen molar-refractivity contribution < 1.29 is 15.1 Å². The maximum Gasteiger partial charge on any atom is 0.225 e. The van der Waals surface area contributed by atoms with E-state index >= 15 is 0 Å². The lowest BCUT2D eigenvalue weighted by molar-refractivity contribution is -0.596. The minimum absolute atomic E-state index is 0.0264. The average Bonchev–Trinajstić information content (AvgIpc) is 2.13. The van der Waals surface area contributed by atoms with Crippen molar-refractivity contribution >= 4 is 0 Å². The standard InChI is InChI=1S/C11H17NO4/c13-7-9-1-8-2-10(4-9,12(15)16)6-11(14,3-8)5-9/h8,13-14H,1-7H2. The van der Waals surface area contributed by atoms with Crippen LogP contribution in [0.1, 0.15) is 38.5 Å². The molecule has 4 fully saturated rings. The summed E-state index contributed by atoms with van der Waals surface area (Å²) in [6.07, 6.45) is 3.39. The third-order valence-corrected chi connectivity index (χ3v) is 4.85. The Labute approximate surface area is 93.6 Å². The van der Waals surface area contributed by atoms with Crippen molar-refractivity contribution in [3.8, 4) is 0 Å². The fraction of sp³-hybridized carbons (Fsp3) is 1.00. The highest BCUT2D eigenvalue weighted by atomic mass is 16.6. The smallest absolute Gasteiger partial charge is 0.225 e. The summed E-state index contributed by atoms with van der Waals surface area (Å²) in [6.45, 7) is -0.0264. The zero-order valence-electron chi connectivity index (χ0n) is 9.19. The molecule has 0 heterocycles. The monoisotopic (exact) mass is 227 g/mol. The number of aliphatic hydroxyl groups excluding tert-OH is 1. The Kier molecular flexibility index (Phi) is 1.81. The van der Waals surface area contributed by atoms with E-state index < -0.39 is 11.1 Å². The highest BCUT2D eigenvalue weighted by Gasteiger charge is 2.68. The van der Waals surface area contributed by atoms with E-state index in [0.717, 1.165) is 6.42 Å². The van der Waals surface area contributed by atoms with Crippen molar-refractivity contribution in [3.05, 3.63) is 10.1 Å². The molecule has 4 atom stereocenters. The zero-order valence-corrected chi connectivity index (χ0v) is 9.19.